The van der Waals surface area contributed by atoms with E-state index in [1.54, 1.807) is 4.90 Å². The molecule has 11 nitrogen and oxygen atoms in total. The van der Waals surface area contributed by atoms with Crippen molar-refractivity contribution in [3.63, 3.8) is 0 Å². The molecule has 2 aliphatic heterocycles. The van der Waals surface area contributed by atoms with E-state index in [0.717, 1.165) is 68.7 Å². The number of halogens is 2. The van der Waals surface area contributed by atoms with Crippen LogP contribution in [0, 0.1) is 23.5 Å². The van der Waals surface area contributed by atoms with E-state index >= 15 is 0 Å². The number of amidine groups is 1. The maximum absolute atomic E-state index is 12.3. The van der Waals surface area contributed by atoms with Crippen LogP contribution in [0.1, 0.15) is 66.7 Å². The van der Waals surface area contributed by atoms with Crippen molar-refractivity contribution in [1.29, 1.82) is 0 Å². The quantitative estimate of drug-likeness (QED) is 0.220. The van der Waals surface area contributed by atoms with Crippen LogP contribution in [0.4, 0.5) is 24.2 Å². The van der Waals surface area contributed by atoms with Crippen molar-refractivity contribution in [2.45, 2.75) is 78.4 Å². The Labute approximate surface area is 264 Å². The fraction of sp³-hybridized carbons (Fsp3) is 0.594. The first-order chi connectivity index (χ1) is 21.3. The number of hydrogen-bond donors (Lipinski definition) is 2. The molecule has 0 spiro atoms. The number of nitrogens with zero attached hydrogens (tertiary/aromatic N) is 5. The second-order valence-electron chi connectivity index (χ2n) is 12.6. The molecular formula is C32H47F2N7O4. The van der Waals surface area contributed by atoms with Gasteiger partial charge in [0.15, 0.2) is 0 Å². The number of likely N-dealkylation sites (tertiary alicyclic amines) is 1. The summed E-state index contributed by atoms with van der Waals surface area (Å²) in [6.45, 7) is 12.9. The number of nitrogens with two attached hydrogens (primary N) is 1. The van der Waals surface area contributed by atoms with Gasteiger partial charge in [-0.2, -0.15) is 4.99 Å². The Balaban J connectivity index is 0.000000598. The fourth-order valence-electron chi connectivity index (χ4n) is 4.84. The minimum absolute atomic E-state index is 0.00950. The van der Waals surface area contributed by atoms with Crippen LogP contribution in [0.5, 0.6) is 5.88 Å². The average molecular weight is 632 g/mol. The Hall–Kier alpha value is -4.03. The van der Waals surface area contributed by atoms with Crippen molar-refractivity contribution in [1.82, 2.24) is 20.2 Å². The molecule has 2 aliphatic rings. The molecule has 0 bridgehead atoms. The molecule has 3 N–H and O–H groups in total. The summed E-state index contributed by atoms with van der Waals surface area (Å²) in [6.07, 6.45) is 5.83. The molecule has 4 rings (SSSR count). The molecule has 3 heterocycles. The minimum atomic E-state index is -0.519. The van der Waals surface area contributed by atoms with Crippen LogP contribution in [0.25, 0.3) is 0 Å². The smallest absolute Gasteiger partial charge is 0.407 e. The van der Waals surface area contributed by atoms with Crippen LogP contribution in [0.2, 0.25) is 0 Å². The van der Waals surface area contributed by atoms with E-state index in [0.29, 0.717) is 43.9 Å². The lowest BCUT2D eigenvalue weighted by Crippen LogP contribution is -2.40. The molecule has 3 amide bonds. The molecule has 1 unspecified atom stereocenters. The Morgan fingerprint density at radius 1 is 1.07 bits per heavy atom. The molecule has 1 atom stereocenters. The number of hydrogen-bond acceptors (Lipinski definition) is 7. The van der Waals surface area contributed by atoms with Crippen LogP contribution in [0.15, 0.2) is 41.7 Å². The Morgan fingerprint density at radius 3 is 2.31 bits per heavy atom. The number of carbonyl (C=O) groups excluding carboxylic acids is 2. The van der Waals surface area contributed by atoms with Crippen molar-refractivity contribution in [3.05, 3.63) is 48.3 Å². The van der Waals surface area contributed by atoms with Gasteiger partial charge in [0.1, 0.15) is 35.2 Å². The molecule has 13 heteroatoms. The predicted molar refractivity (Wildman–Crippen MR) is 169 cm³/mol. The highest BCUT2D eigenvalue weighted by Crippen LogP contribution is 2.24. The average Bonchev–Trinajstić information content (AvgIpc) is 3.45. The number of ether oxygens (including phenoxy) is 2. The van der Waals surface area contributed by atoms with Gasteiger partial charge in [-0.25, -0.2) is 28.3 Å². The van der Waals surface area contributed by atoms with E-state index in [-0.39, 0.29) is 18.0 Å². The summed E-state index contributed by atoms with van der Waals surface area (Å²) in [5, 5.41) is 2.93. The van der Waals surface area contributed by atoms with Crippen LogP contribution in [-0.4, -0.2) is 77.3 Å². The third-order valence-electron chi connectivity index (χ3n) is 7.37. The molecule has 2 aromatic rings. The maximum atomic E-state index is 12.3. The Kier molecular flexibility index (Phi) is 13.3. The normalized spacial score (nSPS) is 17.5. The molecule has 248 valence electrons. The van der Waals surface area contributed by atoms with E-state index in [2.05, 4.69) is 25.2 Å². The van der Waals surface area contributed by atoms with E-state index < -0.39 is 23.3 Å². The zero-order valence-corrected chi connectivity index (χ0v) is 27.0. The van der Waals surface area contributed by atoms with Crippen LogP contribution >= 0.6 is 0 Å². The lowest BCUT2D eigenvalue weighted by atomic mass is 9.92. The first kappa shape index (κ1) is 35.4. The minimum Gasteiger partial charge on any atom is -0.478 e. The highest BCUT2D eigenvalue weighted by atomic mass is 19.1. The van der Waals surface area contributed by atoms with Gasteiger partial charge in [0, 0.05) is 38.2 Å². The van der Waals surface area contributed by atoms with Gasteiger partial charge in [-0.05, 0) is 83.1 Å². The largest absolute Gasteiger partial charge is 0.478 e. The number of aliphatic imine (C=N–C) groups is 1. The predicted octanol–water partition coefficient (Wildman–Crippen LogP) is 5.55. The maximum Gasteiger partial charge on any atom is 0.407 e. The lowest BCUT2D eigenvalue weighted by Gasteiger charge is -2.30. The van der Waals surface area contributed by atoms with E-state index in [9.17, 15) is 18.4 Å². The molecular weight excluding hydrogens is 584 g/mol. The number of benzene rings is 1. The first-order valence-corrected chi connectivity index (χ1v) is 15.5. The second-order valence-corrected chi connectivity index (χ2v) is 12.6. The van der Waals surface area contributed by atoms with Crippen LogP contribution in [-0.2, 0) is 4.74 Å². The van der Waals surface area contributed by atoms with Gasteiger partial charge < -0.3 is 30.3 Å². The molecule has 2 saturated heterocycles. The van der Waals surface area contributed by atoms with Crippen molar-refractivity contribution in [3.8, 4) is 5.88 Å². The molecule has 2 fully saturated rings. The van der Waals surface area contributed by atoms with E-state index in [1.807, 2.05) is 40.7 Å². The van der Waals surface area contributed by atoms with Crippen molar-refractivity contribution in [2.75, 3.05) is 37.7 Å². The zero-order chi connectivity index (χ0) is 33.0. The topological polar surface area (TPSA) is 135 Å². The number of piperidine rings is 1. The van der Waals surface area contributed by atoms with Gasteiger partial charge in [0.05, 0.1) is 12.6 Å². The molecule has 0 aliphatic carbocycles. The molecule has 45 heavy (non-hydrogen) atoms. The summed E-state index contributed by atoms with van der Waals surface area (Å²) >= 11 is 0. The summed E-state index contributed by atoms with van der Waals surface area (Å²) in [7, 11) is 0. The first-order valence-electron chi connectivity index (χ1n) is 15.5. The third kappa shape index (κ3) is 12.8. The van der Waals surface area contributed by atoms with Crippen molar-refractivity contribution < 1.29 is 27.8 Å². The van der Waals surface area contributed by atoms with Crippen LogP contribution < -0.4 is 20.7 Å². The summed E-state index contributed by atoms with van der Waals surface area (Å²) in [4.78, 5) is 40.9. The number of carbonyl (C=O) groups is 2. The number of amides is 3. The van der Waals surface area contributed by atoms with Crippen molar-refractivity contribution >= 4 is 23.8 Å². The number of nitrogens with one attached hydrogen (secondary N) is 1. The van der Waals surface area contributed by atoms with Crippen LogP contribution in [0.3, 0.4) is 0 Å². The van der Waals surface area contributed by atoms with Gasteiger partial charge in [-0.3, -0.25) is 0 Å². The molecule has 0 saturated carbocycles. The summed E-state index contributed by atoms with van der Waals surface area (Å²) in [6, 6.07) is 5.95. The standard InChI is InChI=1S/C26H43N7O4.C6H4F2/c1-18(2)23(27)31-24(34)32-11-8-19(9-12-32)7-6-14-36-22-15-21(28-17-29-22)33-13-10-20(16-33)30-25(35)37-26(3,4)5;7-5-1-2-6(8)4-3-5/h15,17-20H,6-14,16H2,1-5H3,(H,30,35)(H2,27,31,34);1-4H. The number of alkyl carbamates (subject to hydrolysis) is 1. The number of rotatable bonds is 8. The van der Waals surface area contributed by atoms with Gasteiger partial charge >= 0.3 is 12.1 Å². The van der Waals surface area contributed by atoms with Crippen molar-refractivity contribution in [2.24, 2.45) is 22.6 Å². The molecule has 1 aromatic heterocycles. The zero-order valence-electron chi connectivity index (χ0n) is 27.0. The van der Waals surface area contributed by atoms with Gasteiger partial charge in [0.2, 0.25) is 5.88 Å². The second kappa shape index (κ2) is 16.9. The lowest BCUT2D eigenvalue weighted by molar-refractivity contribution is 0.0509. The molecule has 1 aromatic carbocycles. The van der Waals surface area contributed by atoms with E-state index in [4.69, 9.17) is 15.2 Å². The summed E-state index contributed by atoms with van der Waals surface area (Å²) in [5.41, 5.74) is 5.30. The molecule has 0 radical (unpaired) electrons. The highest BCUT2D eigenvalue weighted by Gasteiger charge is 2.27. The third-order valence-corrected chi connectivity index (χ3v) is 7.37. The number of urea groups is 1. The fourth-order valence-corrected chi connectivity index (χ4v) is 4.84. The summed E-state index contributed by atoms with van der Waals surface area (Å²) < 4.78 is 35.1. The Bertz CT molecular complexity index is 1240. The van der Waals surface area contributed by atoms with E-state index in [1.165, 1.54) is 6.33 Å². The monoisotopic (exact) mass is 631 g/mol. The Morgan fingerprint density at radius 2 is 1.71 bits per heavy atom. The van der Waals surface area contributed by atoms with Gasteiger partial charge in [-0.1, -0.05) is 13.8 Å². The SMILES string of the molecule is CC(C)/C(N)=N/C(=O)N1CCC(CCCOc2cc(N3CCC(NC(=O)OC(C)(C)C)C3)ncn2)CC1.Fc1ccc(F)cc1. The summed E-state index contributed by atoms with van der Waals surface area (Å²) in [5.74, 6) is 1.54. The number of anilines is 1. The van der Waals surface area contributed by atoms with Gasteiger partial charge in [-0.15, -0.1) is 0 Å². The van der Waals surface area contributed by atoms with Gasteiger partial charge in [0.25, 0.3) is 0 Å². The highest BCUT2D eigenvalue weighted by molar-refractivity contribution is 5.93. The number of aromatic nitrogens is 2.